The van der Waals surface area contributed by atoms with Gasteiger partial charge in [0, 0.05) is 39.8 Å². The molecule has 0 unspecified atom stereocenters. The number of aliphatic imine (C=N–C) groups is 1. The Morgan fingerprint density at radius 1 is 1.11 bits per heavy atom. The van der Waals surface area contributed by atoms with E-state index in [4.69, 9.17) is 9.73 Å². The first-order valence-electron chi connectivity index (χ1n) is 11.2. The van der Waals surface area contributed by atoms with Crippen LogP contribution in [0.25, 0.3) is 0 Å². The number of amides is 1. The van der Waals surface area contributed by atoms with Crippen molar-refractivity contribution in [3.8, 4) is 0 Å². The molecule has 1 saturated carbocycles. The van der Waals surface area contributed by atoms with Gasteiger partial charge in [-0.2, -0.15) is 0 Å². The molecule has 0 atom stereocenters. The van der Waals surface area contributed by atoms with Crippen LogP contribution in [0.15, 0.2) is 4.99 Å². The zero-order chi connectivity index (χ0) is 20.2. The molecule has 0 aromatic carbocycles. The number of nitrogens with one attached hydrogen (secondary N) is 2. The first kappa shape index (κ1) is 22.9. The van der Waals surface area contributed by atoms with Gasteiger partial charge in [0.2, 0.25) is 5.91 Å². The third-order valence-corrected chi connectivity index (χ3v) is 5.65. The molecular weight excluding hydrogens is 354 g/mol. The quantitative estimate of drug-likeness (QED) is 0.284. The lowest BCUT2D eigenvalue weighted by Crippen LogP contribution is -2.50. The van der Waals surface area contributed by atoms with Gasteiger partial charge in [-0.15, -0.1) is 0 Å². The average Bonchev–Trinajstić information content (AvgIpc) is 2.95. The molecule has 2 fully saturated rings. The second-order valence-electron chi connectivity index (χ2n) is 8.23. The lowest BCUT2D eigenvalue weighted by molar-refractivity contribution is -0.130. The van der Waals surface area contributed by atoms with E-state index in [1.807, 2.05) is 14.1 Å². The number of hydrogen-bond donors (Lipinski definition) is 2. The van der Waals surface area contributed by atoms with Crippen molar-refractivity contribution in [3.05, 3.63) is 0 Å². The van der Waals surface area contributed by atoms with Gasteiger partial charge in [0.15, 0.2) is 5.96 Å². The maximum atomic E-state index is 11.9. The van der Waals surface area contributed by atoms with Gasteiger partial charge in [0.25, 0.3) is 0 Å². The summed E-state index contributed by atoms with van der Waals surface area (Å²) >= 11 is 0. The van der Waals surface area contributed by atoms with Crippen LogP contribution in [0.1, 0.15) is 58.3 Å². The van der Waals surface area contributed by atoms with Gasteiger partial charge in [0.05, 0.1) is 25.8 Å². The van der Waals surface area contributed by atoms with Gasteiger partial charge in [-0.25, -0.2) is 0 Å². The monoisotopic (exact) mass is 395 g/mol. The summed E-state index contributed by atoms with van der Waals surface area (Å²) in [6.07, 6.45) is 10.2. The number of guanidine groups is 1. The fourth-order valence-corrected chi connectivity index (χ4v) is 3.87. The summed E-state index contributed by atoms with van der Waals surface area (Å²) in [7, 11) is 3.63. The van der Waals surface area contributed by atoms with Crippen molar-refractivity contribution < 1.29 is 9.53 Å². The van der Waals surface area contributed by atoms with Crippen molar-refractivity contribution in [1.29, 1.82) is 0 Å². The molecule has 1 heterocycles. The summed E-state index contributed by atoms with van der Waals surface area (Å²) in [5.41, 5.74) is 0. The number of likely N-dealkylation sites (N-methyl/N-ethyl adjacent to an activating group) is 1. The molecule has 2 rings (SSSR count). The molecule has 2 aliphatic rings. The summed E-state index contributed by atoms with van der Waals surface area (Å²) in [5, 5.41) is 6.91. The van der Waals surface area contributed by atoms with Crippen LogP contribution >= 0.6 is 0 Å². The fraction of sp³-hybridized carbons (Fsp3) is 0.905. The first-order chi connectivity index (χ1) is 13.6. The lowest BCUT2D eigenvalue weighted by atomic mass is 10.1. The number of likely N-dealkylation sites (tertiary alicyclic amines) is 1. The molecule has 1 amide bonds. The van der Waals surface area contributed by atoms with E-state index in [0.29, 0.717) is 31.8 Å². The number of carbonyl (C=O) groups excluding carboxylic acids is 1. The topological polar surface area (TPSA) is 69.2 Å². The zero-order valence-corrected chi connectivity index (χ0v) is 18.2. The Bertz CT molecular complexity index is 467. The van der Waals surface area contributed by atoms with E-state index in [1.54, 1.807) is 4.90 Å². The highest BCUT2D eigenvalue weighted by Crippen LogP contribution is 2.19. The number of nitrogens with zero attached hydrogens (tertiary/aromatic N) is 3. The van der Waals surface area contributed by atoms with E-state index >= 15 is 0 Å². The predicted molar refractivity (Wildman–Crippen MR) is 115 cm³/mol. The molecular formula is C21H41N5O2. The van der Waals surface area contributed by atoms with Gasteiger partial charge in [-0.3, -0.25) is 14.7 Å². The Morgan fingerprint density at radius 2 is 1.79 bits per heavy atom. The highest BCUT2D eigenvalue weighted by atomic mass is 16.5. The summed E-state index contributed by atoms with van der Waals surface area (Å²) in [6.45, 7) is 6.75. The fourth-order valence-electron chi connectivity index (χ4n) is 3.87. The number of carbonyl (C=O) groups is 1. The van der Waals surface area contributed by atoms with E-state index in [9.17, 15) is 4.79 Å². The van der Waals surface area contributed by atoms with Gasteiger partial charge in [-0.1, -0.05) is 25.7 Å². The van der Waals surface area contributed by atoms with Crippen molar-refractivity contribution in [2.75, 3.05) is 53.4 Å². The van der Waals surface area contributed by atoms with Gasteiger partial charge in [-0.05, 0) is 32.6 Å². The summed E-state index contributed by atoms with van der Waals surface area (Å²) in [6, 6.07) is 0.409. The molecule has 1 aliphatic carbocycles. The molecule has 162 valence electrons. The highest BCUT2D eigenvalue weighted by Gasteiger charge is 2.22. The Labute approximate surface area is 171 Å². The van der Waals surface area contributed by atoms with Crippen molar-refractivity contribution in [3.63, 3.8) is 0 Å². The maximum Gasteiger partial charge on any atom is 0.236 e. The van der Waals surface area contributed by atoms with E-state index in [0.717, 1.165) is 38.4 Å². The van der Waals surface area contributed by atoms with Gasteiger partial charge in [0.1, 0.15) is 0 Å². The zero-order valence-electron chi connectivity index (χ0n) is 18.2. The normalized spacial score (nSPS) is 20.6. The molecule has 0 aromatic rings. The van der Waals surface area contributed by atoms with E-state index in [1.165, 1.54) is 38.5 Å². The minimum Gasteiger partial charge on any atom is -0.376 e. The van der Waals surface area contributed by atoms with Crippen molar-refractivity contribution in [2.24, 2.45) is 4.99 Å². The van der Waals surface area contributed by atoms with Crippen LogP contribution in [0.2, 0.25) is 0 Å². The van der Waals surface area contributed by atoms with Crippen LogP contribution in [0.3, 0.4) is 0 Å². The number of hydrogen-bond acceptors (Lipinski definition) is 4. The Morgan fingerprint density at radius 3 is 2.39 bits per heavy atom. The largest absolute Gasteiger partial charge is 0.376 e. The molecule has 0 bridgehead atoms. The van der Waals surface area contributed by atoms with Crippen LogP contribution in [-0.4, -0.2) is 87.2 Å². The molecule has 7 nitrogen and oxygen atoms in total. The molecule has 1 saturated heterocycles. The van der Waals surface area contributed by atoms with Crippen molar-refractivity contribution in [2.45, 2.75) is 70.4 Å². The molecule has 1 aliphatic heterocycles. The number of ether oxygens (including phenoxy) is 1. The lowest BCUT2D eigenvalue weighted by Gasteiger charge is -2.33. The average molecular weight is 396 g/mol. The summed E-state index contributed by atoms with van der Waals surface area (Å²) in [4.78, 5) is 20.5. The van der Waals surface area contributed by atoms with Crippen molar-refractivity contribution >= 4 is 11.9 Å². The second-order valence-corrected chi connectivity index (χ2v) is 8.23. The van der Waals surface area contributed by atoms with E-state index in [-0.39, 0.29) is 5.91 Å². The smallest absolute Gasteiger partial charge is 0.236 e. The van der Waals surface area contributed by atoms with Crippen molar-refractivity contribution in [1.82, 2.24) is 20.4 Å². The number of piperidine rings is 1. The highest BCUT2D eigenvalue weighted by molar-refractivity contribution is 5.80. The van der Waals surface area contributed by atoms with Crippen LogP contribution in [0.5, 0.6) is 0 Å². The Balaban J connectivity index is 1.68. The van der Waals surface area contributed by atoms with Crippen LogP contribution in [0.4, 0.5) is 0 Å². The van der Waals surface area contributed by atoms with E-state index in [2.05, 4.69) is 22.5 Å². The van der Waals surface area contributed by atoms with Crippen LogP contribution in [0, 0.1) is 0 Å². The molecule has 2 N–H and O–H groups in total. The molecule has 7 heteroatoms. The van der Waals surface area contributed by atoms with Gasteiger partial charge < -0.3 is 20.3 Å². The summed E-state index contributed by atoms with van der Waals surface area (Å²) in [5.74, 6) is 1.06. The summed E-state index contributed by atoms with van der Waals surface area (Å²) < 4.78 is 6.05. The standard InChI is InChI=1S/C21H41N5O2/c1-4-22-21(23-13-16-28-19-9-7-5-6-8-10-19)24-18-11-14-26(15-12-18)17-20(27)25(2)3/h18-19H,4-17H2,1-3H3,(H2,22,23,24). The maximum absolute atomic E-state index is 11.9. The molecule has 28 heavy (non-hydrogen) atoms. The Hall–Kier alpha value is -1.34. The molecule has 0 radical (unpaired) electrons. The minimum atomic E-state index is 0.176. The third kappa shape index (κ3) is 8.78. The molecule has 0 spiro atoms. The Kier molecular flexibility index (Phi) is 10.6. The predicted octanol–water partition coefficient (Wildman–Crippen LogP) is 1.83. The first-order valence-corrected chi connectivity index (χ1v) is 11.2. The second kappa shape index (κ2) is 13.0. The van der Waals surface area contributed by atoms with Crippen LogP contribution in [-0.2, 0) is 9.53 Å². The van der Waals surface area contributed by atoms with E-state index < -0.39 is 0 Å². The number of rotatable bonds is 8. The third-order valence-electron chi connectivity index (χ3n) is 5.65. The van der Waals surface area contributed by atoms with Crippen LogP contribution < -0.4 is 10.6 Å². The minimum absolute atomic E-state index is 0.176. The SMILES string of the molecule is CCNC(=NCCOC1CCCCCC1)NC1CCN(CC(=O)N(C)C)CC1. The van der Waals surface area contributed by atoms with Gasteiger partial charge >= 0.3 is 0 Å². The molecule has 0 aromatic heterocycles.